The number of hydrogen-bond donors (Lipinski definition) is 0. The molecule has 5 nitrogen and oxygen atoms in total. The van der Waals surface area contributed by atoms with Crippen LogP contribution in [0.25, 0.3) is 0 Å². The van der Waals surface area contributed by atoms with E-state index in [0.29, 0.717) is 18.2 Å². The molecule has 1 aromatic rings. The van der Waals surface area contributed by atoms with Crippen molar-refractivity contribution in [2.45, 2.75) is 32.8 Å². The molecular weight excluding hydrogens is 222 g/mol. The van der Waals surface area contributed by atoms with Crippen molar-refractivity contribution in [3.8, 4) is 5.88 Å². The van der Waals surface area contributed by atoms with Gasteiger partial charge in [-0.2, -0.15) is 0 Å². The Hall–Kier alpha value is -1.78. The summed E-state index contributed by atoms with van der Waals surface area (Å²) in [6.07, 6.45) is 2.85. The number of rotatable bonds is 7. The summed E-state index contributed by atoms with van der Waals surface area (Å²) in [6, 6.07) is 1.60. The van der Waals surface area contributed by atoms with Gasteiger partial charge in [-0.05, 0) is 17.7 Å². The smallest absolute Gasteiger partial charge is 0.303 e. The van der Waals surface area contributed by atoms with Crippen LogP contribution in [0.4, 0.5) is 0 Å². The highest BCUT2D eigenvalue weighted by Crippen LogP contribution is 2.22. The van der Waals surface area contributed by atoms with Crippen LogP contribution in [-0.4, -0.2) is 17.7 Å². The van der Waals surface area contributed by atoms with Gasteiger partial charge in [-0.3, -0.25) is 4.79 Å². The van der Waals surface area contributed by atoms with Crippen molar-refractivity contribution in [3.05, 3.63) is 24.5 Å². The fourth-order valence-electron chi connectivity index (χ4n) is 1.20. The number of aromatic nitrogens is 1. The molecule has 0 saturated carbocycles. The van der Waals surface area contributed by atoms with Crippen LogP contribution in [0.15, 0.2) is 23.2 Å². The zero-order valence-electron chi connectivity index (χ0n) is 10.1. The molecule has 5 heteroatoms. The van der Waals surface area contributed by atoms with E-state index in [9.17, 15) is 4.79 Å². The predicted octanol–water partition coefficient (Wildman–Crippen LogP) is 2.64. The Morgan fingerprint density at radius 2 is 2.47 bits per heavy atom. The highest BCUT2D eigenvalue weighted by Gasteiger charge is 2.17. The largest absolute Gasteiger partial charge is 0.476 e. The molecule has 1 atom stereocenters. The Morgan fingerprint density at radius 1 is 1.71 bits per heavy atom. The minimum Gasteiger partial charge on any atom is -0.476 e. The van der Waals surface area contributed by atoms with Crippen molar-refractivity contribution in [2.24, 2.45) is 0 Å². The number of nitrogens with zero attached hydrogens (tertiary/aromatic N) is 1. The maximum absolute atomic E-state index is 10.8. The van der Waals surface area contributed by atoms with E-state index in [0.717, 1.165) is 12.8 Å². The highest BCUT2D eigenvalue weighted by atomic mass is 16.6. The van der Waals surface area contributed by atoms with Crippen molar-refractivity contribution >= 4 is 5.97 Å². The van der Waals surface area contributed by atoms with E-state index in [1.165, 1.54) is 13.0 Å². The van der Waals surface area contributed by atoms with Crippen molar-refractivity contribution < 1.29 is 18.8 Å². The summed E-state index contributed by atoms with van der Waals surface area (Å²) in [6.45, 7) is 7.56. The summed E-state index contributed by atoms with van der Waals surface area (Å²) >= 11 is 0. The molecule has 1 heterocycles. The van der Waals surface area contributed by atoms with Gasteiger partial charge in [-0.1, -0.05) is 19.9 Å². The maximum atomic E-state index is 10.8. The molecule has 0 radical (unpaired) electrons. The molecule has 0 aliphatic rings. The molecule has 0 bridgehead atoms. The molecule has 1 rings (SSSR count). The SMILES string of the molecule is C=C[C@H](OC(C)=O)c1cc(OCCCC)no1. The van der Waals surface area contributed by atoms with E-state index in [2.05, 4.69) is 18.7 Å². The van der Waals surface area contributed by atoms with Gasteiger partial charge in [0.25, 0.3) is 5.88 Å². The van der Waals surface area contributed by atoms with E-state index in [1.807, 2.05) is 0 Å². The van der Waals surface area contributed by atoms with Crippen LogP contribution in [0.3, 0.4) is 0 Å². The summed E-state index contributed by atoms with van der Waals surface area (Å²) in [5.41, 5.74) is 0. The normalized spacial score (nSPS) is 11.9. The van der Waals surface area contributed by atoms with Gasteiger partial charge in [0, 0.05) is 13.0 Å². The first-order valence-corrected chi connectivity index (χ1v) is 5.56. The molecule has 0 aliphatic heterocycles. The third kappa shape index (κ3) is 4.30. The van der Waals surface area contributed by atoms with Gasteiger partial charge < -0.3 is 14.0 Å². The quantitative estimate of drug-likeness (QED) is 0.416. The minimum atomic E-state index is -0.622. The van der Waals surface area contributed by atoms with Crippen molar-refractivity contribution in [3.63, 3.8) is 0 Å². The van der Waals surface area contributed by atoms with Crippen LogP contribution in [0.5, 0.6) is 5.88 Å². The summed E-state index contributed by atoms with van der Waals surface area (Å²) in [4.78, 5) is 10.8. The van der Waals surface area contributed by atoms with Crippen molar-refractivity contribution in [1.82, 2.24) is 5.16 Å². The first kappa shape index (κ1) is 13.3. The second-order valence-electron chi connectivity index (χ2n) is 3.54. The van der Waals surface area contributed by atoms with Crippen molar-refractivity contribution in [1.29, 1.82) is 0 Å². The van der Waals surface area contributed by atoms with Crippen LogP contribution in [0.2, 0.25) is 0 Å². The lowest BCUT2D eigenvalue weighted by Crippen LogP contribution is -2.04. The minimum absolute atomic E-state index is 0.396. The molecule has 0 saturated heterocycles. The van der Waals surface area contributed by atoms with Crippen LogP contribution in [-0.2, 0) is 9.53 Å². The van der Waals surface area contributed by atoms with E-state index in [4.69, 9.17) is 14.0 Å². The predicted molar refractivity (Wildman–Crippen MR) is 61.6 cm³/mol. The number of carbonyl (C=O) groups is 1. The molecule has 0 N–H and O–H groups in total. The van der Waals surface area contributed by atoms with Crippen molar-refractivity contribution in [2.75, 3.05) is 6.61 Å². The number of esters is 1. The molecule has 0 unspecified atom stereocenters. The Kier molecular flexibility index (Phi) is 5.26. The number of carbonyl (C=O) groups excluding carboxylic acids is 1. The number of ether oxygens (including phenoxy) is 2. The molecule has 94 valence electrons. The first-order chi connectivity index (χ1) is 8.17. The van der Waals surface area contributed by atoms with Crippen LogP contribution >= 0.6 is 0 Å². The fourth-order valence-corrected chi connectivity index (χ4v) is 1.20. The molecule has 0 aromatic carbocycles. The lowest BCUT2D eigenvalue weighted by atomic mass is 10.2. The van der Waals surface area contributed by atoms with Gasteiger partial charge in [0.1, 0.15) is 0 Å². The zero-order valence-corrected chi connectivity index (χ0v) is 10.1. The van der Waals surface area contributed by atoms with E-state index >= 15 is 0 Å². The van der Waals surface area contributed by atoms with E-state index < -0.39 is 12.1 Å². The first-order valence-electron chi connectivity index (χ1n) is 5.56. The van der Waals surface area contributed by atoms with E-state index in [-0.39, 0.29) is 0 Å². The number of hydrogen-bond acceptors (Lipinski definition) is 5. The third-order valence-electron chi connectivity index (χ3n) is 2.04. The highest BCUT2D eigenvalue weighted by molar-refractivity contribution is 5.66. The standard InChI is InChI=1S/C12H17NO4/c1-4-6-7-15-12-8-11(17-13-12)10(5-2)16-9(3)14/h5,8,10H,2,4,6-7H2,1,3H3/t10-/m0/s1. The lowest BCUT2D eigenvalue weighted by molar-refractivity contribution is -0.145. The molecule has 0 spiro atoms. The second-order valence-corrected chi connectivity index (χ2v) is 3.54. The average molecular weight is 239 g/mol. The Morgan fingerprint density at radius 3 is 3.06 bits per heavy atom. The monoisotopic (exact) mass is 239 g/mol. The summed E-state index contributed by atoms with van der Waals surface area (Å²) in [5.74, 6) is 0.397. The van der Waals surface area contributed by atoms with Gasteiger partial charge in [-0.25, -0.2) is 0 Å². The summed E-state index contributed by atoms with van der Waals surface area (Å²) in [7, 11) is 0. The van der Waals surface area contributed by atoms with Gasteiger partial charge in [0.15, 0.2) is 11.9 Å². The lowest BCUT2D eigenvalue weighted by Gasteiger charge is -2.07. The van der Waals surface area contributed by atoms with E-state index in [1.54, 1.807) is 6.07 Å². The zero-order chi connectivity index (χ0) is 12.7. The van der Waals surface area contributed by atoms with Gasteiger partial charge in [0.05, 0.1) is 6.61 Å². The maximum Gasteiger partial charge on any atom is 0.303 e. The van der Waals surface area contributed by atoms with Crippen LogP contribution in [0, 0.1) is 0 Å². The van der Waals surface area contributed by atoms with Gasteiger partial charge in [0.2, 0.25) is 0 Å². The van der Waals surface area contributed by atoms with Gasteiger partial charge in [-0.15, -0.1) is 0 Å². The molecule has 0 aliphatic carbocycles. The summed E-state index contributed by atoms with van der Waals surface area (Å²) in [5, 5.41) is 3.73. The molecule has 0 fully saturated rings. The topological polar surface area (TPSA) is 61.6 Å². The van der Waals surface area contributed by atoms with Crippen LogP contribution < -0.4 is 4.74 Å². The molecular formula is C12H17NO4. The molecule has 0 amide bonds. The Balaban J connectivity index is 2.58. The Labute approximate surface area is 100 Å². The number of unbranched alkanes of at least 4 members (excludes halogenated alkanes) is 1. The Bertz CT molecular complexity index is 372. The second kappa shape index (κ2) is 6.73. The molecule has 17 heavy (non-hydrogen) atoms. The summed E-state index contributed by atoms with van der Waals surface area (Å²) < 4.78 is 15.4. The average Bonchev–Trinajstić information content (AvgIpc) is 2.74. The van der Waals surface area contributed by atoms with Crippen LogP contribution in [0.1, 0.15) is 38.6 Å². The van der Waals surface area contributed by atoms with Gasteiger partial charge >= 0.3 is 5.97 Å². The molecule has 1 aromatic heterocycles. The fraction of sp³-hybridized carbons (Fsp3) is 0.500. The third-order valence-corrected chi connectivity index (χ3v) is 2.04.